The zero-order valence-corrected chi connectivity index (χ0v) is 8.22. The van der Waals surface area contributed by atoms with E-state index in [9.17, 15) is 4.57 Å². The van der Waals surface area contributed by atoms with E-state index in [0.29, 0.717) is 5.25 Å². The van der Waals surface area contributed by atoms with Crippen molar-refractivity contribution in [3.63, 3.8) is 0 Å². The summed E-state index contributed by atoms with van der Waals surface area (Å²) in [5.41, 5.74) is 0. The van der Waals surface area contributed by atoms with Crippen LogP contribution in [0.3, 0.4) is 0 Å². The maximum absolute atomic E-state index is 10.9. The fraction of sp³-hybridized carbons (Fsp3) is 1.00. The Morgan fingerprint density at radius 2 is 2.50 bits per heavy atom. The number of hydrogen-bond acceptors (Lipinski definition) is 4. The van der Waals surface area contributed by atoms with Crippen molar-refractivity contribution in [2.45, 2.75) is 9.57 Å². The molecule has 3 unspecified atom stereocenters. The van der Waals surface area contributed by atoms with Crippen LogP contribution >= 0.6 is 31.3 Å². The first-order chi connectivity index (χ1) is 4.74. The van der Waals surface area contributed by atoms with E-state index < -0.39 is 7.80 Å². The van der Waals surface area contributed by atoms with Gasteiger partial charge in [0.15, 0.2) is 0 Å². The Morgan fingerprint density at radius 3 is 2.80 bits per heavy atom. The van der Waals surface area contributed by atoms with Crippen molar-refractivity contribution < 1.29 is 9.67 Å². The second-order valence-electron chi connectivity index (χ2n) is 2.13. The zero-order valence-electron chi connectivity index (χ0n) is 5.69. The summed E-state index contributed by atoms with van der Waals surface area (Å²) in [6.07, 6.45) is 0. The smallest absolute Gasteiger partial charge is 0.360 e. The van der Waals surface area contributed by atoms with Crippen molar-refractivity contribution >= 4 is 31.3 Å². The second kappa shape index (κ2) is 3.96. The minimum Gasteiger partial charge on any atom is -0.395 e. The van der Waals surface area contributed by atoms with Crippen LogP contribution in [0, 0.1) is 0 Å². The third kappa shape index (κ3) is 2.12. The summed E-state index contributed by atoms with van der Waals surface area (Å²) in [7, 11) is -1.07. The van der Waals surface area contributed by atoms with Gasteiger partial charge >= 0.3 is 7.80 Å². The van der Waals surface area contributed by atoms with Gasteiger partial charge in [0, 0.05) is 11.0 Å². The van der Waals surface area contributed by atoms with Crippen LogP contribution in [0.15, 0.2) is 0 Å². The highest BCUT2D eigenvalue weighted by atomic mass is 32.2. The van der Waals surface area contributed by atoms with Gasteiger partial charge in [-0.2, -0.15) is 0 Å². The molecular formula is C5H10O2PS2+. The van der Waals surface area contributed by atoms with Crippen molar-refractivity contribution in [1.29, 1.82) is 0 Å². The molecule has 0 spiro atoms. The standard InChI is InChI=1S/C5H10O2PS2/c1-8(7)5-9-3-4(2-6)10-5/h4-6H,2-3H2,1H3/q+1. The minimum atomic E-state index is -1.07. The molecule has 1 heterocycles. The maximum Gasteiger partial charge on any atom is 0.360 e. The largest absolute Gasteiger partial charge is 0.395 e. The molecular weight excluding hydrogens is 187 g/mol. The van der Waals surface area contributed by atoms with Gasteiger partial charge in [0.2, 0.25) is 4.32 Å². The third-order valence-corrected chi connectivity index (χ3v) is 7.19. The molecule has 0 aromatic heterocycles. The lowest BCUT2D eigenvalue weighted by molar-refractivity contribution is 0.302. The Morgan fingerprint density at radius 1 is 1.80 bits per heavy atom. The van der Waals surface area contributed by atoms with E-state index in [4.69, 9.17) is 5.11 Å². The highest BCUT2D eigenvalue weighted by molar-refractivity contribution is 8.25. The summed E-state index contributed by atoms with van der Waals surface area (Å²) in [6.45, 7) is 1.97. The van der Waals surface area contributed by atoms with Crippen LogP contribution in [0.4, 0.5) is 0 Å². The van der Waals surface area contributed by atoms with E-state index in [0.717, 1.165) is 5.75 Å². The molecule has 3 atom stereocenters. The van der Waals surface area contributed by atoms with Gasteiger partial charge in [-0.15, -0.1) is 0 Å². The first-order valence-corrected chi connectivity index (χ1v) is 6.78. The summed E-state index contributed by atoms with van der Waals surface area (Å²) < 4.78 is 11.2. The highest BCUT2D eigenvalue weighted by Crippen LogP contribution is 2.49. The van der Waals surface area contributed by atoms with Gasteiger partial charge in [0.1, 0.15) is 6.66 Å². The molecule has 1 fully saturated rings. The molecule has 1 saturated heterocycles. The molecule has 1 aliphatic heterocycles. The summed E-state index contributed by atoms with van der Waals surface area (Å²) in [5.74, 6) is 0.945. The molecule has 1 rings (SSSR count). The molecule has 0 aromatic rings. The minimum absolute atomic E-state index is 0.220. The molecule has 10 heavy (non-hydrogen) atoms. The summed E-state index contributed by atoms with van der Waals surface area (Å²) in [5, 5.41) is 9.05. The van der Waals surface area contributed by atoms with Gasteiger partial charge in [-0.05, 0) is 0 Å². The van der Waals surface area contributed by atoms with Crippen LogP contribution in [0.25, 0.3) is 0 Å². The topological polar surface area (TPSA) is 37.3 Å². The van der Waals surface area contributed by atoms with E-state index in [1.165, 1.54) is 0 Å². The summed E-state index contributed by atoms with van der Waals surface area (Å²) in [6, 6.07) is 0. The van der Waals surface area contributed by atoms with Gasteiger partial charge in [-0.25, -0.2) is 0 Å². The number of hydrogen-bond donors (Lipinski definition) is 1. The van der Waals surface area contributed by atoms with Crippen molar-refractivity contribution in [2.75, 3.05) is 19.0 Å². The van der Waals surface area contributed by atoms with Crippen molar-refractivity contribution in [3.8, 4) is 0 Å². The molecule has 0 aliphatic carbocycles. The zero-order chi connectivity index (χ0) is 7.56. The lowest BCUT2D eigenvalue weighted by Crippen LogP contribution is -2.05. The molecule has 0 radical (unpaired) electrons. The number of thioether (sulfide) groups is 2. The predicted molar refractivity (Wildman–Crippen MR) is 48.2 cm³/mol. The molecule has 1 aliphatic rings. The van der Waals surface area contributed by atoms with Crippen molar-refractivity contribution in [2.24, 2.45) is 0 Å². The molecule has 0 bridgehead atoms. The van der Waals surface area contributed by atoms with E-state index in [2.05, 4.69) is 0 Å². The molecule has 5 heteroatoms. The number of aliphatic hydroxyl groups is 1. The average molecular weight is 197 g/mol. The van der Waals surface area contributed by atoms with E-state index in [-0.39, 0.29) is 10.9 Å². The van der Waals surface area contributed by atoms with E-state index in [1.54, 1.807) is 30.2 Å². The van der Waals surface area contributed by atoms with Crippen LogP contribution in [-0.2, 0) is 4.57 Å². The first kappa shape index (κ1) is 8.85. The lowest BCUT2D eigenvalue weighted by Gasteiger charge is -1.97. The van der Waals surface area contributed by atoms with Crippen LogP contribution in [-0.4, -0.2) is 33.7 Å². The average Bonchev–Trinajstić information content (AvgIpc) is 2.34. The molecule has 1 N–H and O–H groups in total. The van der Waals surface area contributed by atoms with Crippen molar-refractivity contribution in [1.82, 2.24) is 0 Å². The Labute approximate surface area is 69.9 Å². The highest BCUT2D eigenvalue weighted by Gasteiger charge is 2.36. The van der Waals surface area contributed by atoms with Gasteiger partial charge < -0.3 is 5.11 Å². The Kier molecular flexibility index (Phi) is 3.50. The molecule has 0 amide bonds. The Bertz CT molecular complexity index is 142. The van der Waals surface area contributed by atoms with Crippen LogP contribution in [0.2, 0.25) is 0 Å². The van der Waals surface area contributed by atoms with Crippen LogP contribution in [0.5, 0.6) is 0 Å². The van der Waals surface area contributed by atoms with E-state index in [1.807, 2.05) is 0 Å². The molecule has 2 nitrogen and oxygen atoms in total. The van der Waals surface area contributed by atoms with E-state index >= 15 is 0 Å². The maximum atomic E-state index is 10.9. The first-order valence-electron chi connectivity index (χ1n) is 3.02. The quantitative estimate of drug-likeness (QED) is 0.682. The van der Waals surface area contributed by atoms with Gasteiger partial charge in [0.05, 0.1) is 6.61 Å². The number of aliphatic hydroxyl groups excluding tert-OH is 1. The number of rotatable bonds is 2. The molecule has 0 saturated carbocycles. The van der Waals surface area contributed by atoms with Gasteiger partial charge in [-0.1, -0.05) is 28.1 Å². The molecule has 58 valence electrons. The summed E-state index contributed by atoms with van der Waals surface area (Å²) >= 11 is 3.35. The molecule has 0 aromatic carbocycles. The van der Waals surface area contributed by atoms with Gasteiger partial charge in [-0.3, -0.25) is 0 Å². The van der Waals surface area contributed by atoms with Crippen LogP contribution < -0.4 is 0 Å². The van der Waals surface area contributed by atoms with Gasteiger partial charge in [0.25, 0.3) is 0 Å². The Hall–Kier alpha value is 0.760. The monoisotopic (exact) mass is 197 g/mol. The van der Waals surface area contributed by atoms with Crippen molar-refractivity contribution in [3.05, 3.63) is 0 Å². The van der Waals surface area contributed by atoms with Crippen LogP contribution in [0.1, 0.15) is 0 Å². The predicted octanol–water partition coefficient (Wildman–Crippen LogP) is 1.57. The normalized spacial score (nSPS) is 34.4. The SMILES string of the molecule is C[P+](=O)C1SCC(CO)S1. The second-order valence-corrected chi connectivity index (χ2v) is 7.28. The summed E-state index contributed by atoms with van der Waals surface area (Å²) in [4.78, 5) is 0. The fourth-order valence-corrected chi connectivity index (χ4v) is 5.49. The fourth-order valence-electron chi connectivity index (χ4n) is 0.719. The Balaban J connectivity index is 2.35. The lowest BCUT2D eigenvalue weighted by atomic mass is 10.5. The third-order valence-electron chi connectivity index (χ3n) is 1.23.